The molecule has 0 aliphatic rings. The predicted octanol–water partition coefficient (Wildman–Crippen LogP) is 5.88. The molecule has 0 amide bonds. The Labute approximate surface area is 193 Å². The molecule has 33 heavy (non-hydrogen) atoms. The molecule has 0 unspecified atom stereocenters. The molecule has 0 saturated carbocycles. The standard InChI is InChI=1S/C28H25N3O2/c1-3-9-26-30-28(32)27(33-24-11-5-4-6-12-24)20(2)31(26)19-21-14-16-22(17-15-21)25-13-8-7-10-23(25)18-29/h4-8,10-17H,3,9,19H2,1-2H3. The van der Waals surface area contributed by atoms with E-state index >= 15 is 0 Å². The monoisotopic (exact) mass is 435 g/mol. The van der Waals surface area contributed by atoms with Gasteiger partial charge in [-0.15, -0.1) is 0 Å². The second-order valence-electron chi connectivity index (χ2n) is 7.85. The summed E-state index contributed by atoms with van der Waals surface area (Å²) in [7, 11) is 0. The first-order chi connectivity index (χ1) is 16.1. The number of ether oxygens (including phenoxy) is 1. The first kappa shape index (κ1) is 22.0. The Morgan fingerprint density at radius 3 is 2.36 bits per heavy atom. The van der Waals surface area contributed by atoms with E-state index in [-0.39, 0.29) is 11.3 Å². The SMILES string of the molecule is CCCc1nc(=O)c(Oc2ccccc2)c(C)n1Cc1ccc(-c2ccccc2C#N)cc1. The maximum Gasteiger partial charge on any atom is 0.316 e. The Kier molecular flexibility index (Phi) is 6.66. The zero-order valence-electron chi connectivity index (χ0n) is 18.8. The maximum absolute atomic E-state index is 12.7. The van der Waals surface area contributed by atoms with E-state index in [0.29, 0.717) is 24.3 Å². The van der Waals surface area contributed by atoms with Crippen molar-refractivity contribution in [3.63, 3.8) is 0 Å². The van der Waals surface area contributed by atoms with Gasteiger partial charge in [-0.1, -0.05) is 67.6 Å². The van der Waals surface area contributed by atoms with Crippen LogP contribution in [0.4, 0.5) is 0 Å². The smallest absolute Gasteiger partial charge is 0.316 e. The normalized spacial score (nSPS) is 10.6. The molecule has 5 nitrogen and oxygen atoms in total. The lowest BCUT2D eigenvalue weighted by atomic mass is 9.99. The van der Waals surface area contributed by atoms with Crippen molar-refractivity contribution in [1.82, 2.24) is 9.55 Å². The van der Waals surface area contributed by atoms with Crippen molar-refractivity contribution < 1.29 is 4.74 Å². The van der Waals surface area contributed by atoms with Gasteiger partial charge in [0.2, 0.25) is 5.75 Å². The molecule has 0 N–H and O–H groups in total. The van der Waals surface area contributed by atoms with E-state index in [9.17, 15) is 10.1 Å². The van der Waals surface area contributed by atoms with Crippen LogP contribution in [0.2, 0.25) is 0 Å². The van der Waals surface area contributed by atoms with Crippen LogP contribution >= 0.6 is 0 Å². The molecule has 4 aromatic rings. The number of hydrogen-bond acceptors (Lipinski definition) is 4. The highest BCUT2D eigenvalue weighted by atomic mass is 16.5. The van der Waals surface area contributed by atoms with Crippen LogP contribution in [0.25, 0.3) is 11.1 Å². The van der Waals surface area contributed by atoms with Gasteiger partial charge in [0.05, 0.1) is 17.3 Å². The Morgan fingerprint density at radius 2 is 1.67 bits per heavy atom. The van der Waals surface area contributed by atoms with Crippen LogP contribution < -0.4 is 10.3 Å². The van der Waals surface area contributed by atoms with Crippen LogP contribution in [0, 0.1) is 18.3 Å². The molecule has 0 saturated heterocycles. The Bertz CT molecular complexity index is 1350. The Morgan fingerprint density at radius 1 is 0.970 bits per heavy atom. The van der Waals surface area contributed by atoms with Gasteiger partial charge in [-0.25, -0.2) is 0 Å². The number of benzene rings is 3. The molecule has 5 heteroatoms. The third-order valence-electron chi connectivity index (χ3n) is 5.56. The molecule has 3 aromatic carbocycles. The van der Waals surface area contributed by atoms with Crippen molar-refractivity contribution in [2.24, 2.45) is 0 Å². The highest BCUT2D eigenvalue weighted by Crippen LogP contribution is 2.25. The number of nitrogens with zero attached hydrogens (tertiary/aromatic N) is 3. The average Bonchev–Trinajstić information content (AvgIpc) is 2.85. The lowest BCUT2D eigenvalue weighted by Gasteiger charge is -2.19. The molecule has 4 rings (SSSR count). The van der Waals surface area contributed by atoms with E-state index in [1.165, 1.54) is 0 Å². The van der Waals surface area contributed by atoms with Gasteiger partial charge in [0.15, 0.2) is 0 Å². The highest BCUT2D eigenvalue weighted by molar-refractivity contribution is 5.70. The van der Waals surface area contributed by atoms with Crippen LogP contribution in [0.3, 0.4) is 0 Å². The van der Waals surface area contributed by atoms with Crippen molar-refractivity contribution in [2.45, 2.75) is 33.2 Å². The Balaban J connectivity index is 1.68. The minimum absolute atomic E-state index is 0.251. The molecule has 1 aromatic heterocycles. The molecule has 0 atom stereocenters. The van der Waals surface area contributed by atoms with E-state index in [2.05, 4.69) is 34.7 Å². The molecule has 0 bridgehead atoms. The molecule has 1 heterocycles. The van der Waals surface area contributed by atoms with Crippen LogP contribution in [0.5, 0.6) is 11.5 Å². The molecule has 0 aliphatic carbocycles. The number of para-hydroxylation sites is 1. The van der Waals surface area contributed by atoms with Gasteiger partial charge in [0.1, 0.15) is 11.6 Å². The lowest BCUT2D eigenvalue weighted by Crippen LogP contribution is -2.22. The Hall–Kier alpha value is -4.17. The summed E-state index contributed by atoms with van der Waals surface area (Å²) in [5, 5.41) is 9.40. The summed E-state index contributed by atoms with van der Waals surface area (Å²) in [6.07, 6.45) is 1.59. The van der Waals surface area contributed by atoms with Gasteiger partial charge in [0.25, 0.3) is 0 Å². The fraction of sp³-hybridized carbons (Fsp3) is 0.179. The number of aromatic nitrogens is 2. The maximum atomic E-state index is 12.7. The van der Waals surface area contributed by atoms with Gasteiger partial charge in [0, 0.05) is 13.0 Å². The van der Waals surface area contributed by atoms with Gasteiger partial charge in [-0.3, -0.25) is 4.79 Å². The van der Waals surface area contributed by atoms with Crippen molar-refractivity contribution in [3.05, 3.63) is 112 Å². The first-order valence-corrected chi connectivity index (χ1v) is 11.0. The van der Waals surface area contributed by atoms with Crippen molar-refractivity contribution in [1.29, 1.82) is 5.26 Å². The van der Waals surface area contributed by atoms with Crippen LogP contribution in [0.15, 0.2) is 83.7 Å². The minimum atomic E-state index is -0.348. The van der Waals surface area contributed by atoms with E-state index in [4.69, 9.17) is 4.74 Å². The molecular formula is C28H25N3O2. The van der Waals surface area contributed by atoms with Crippen molar-refractivity contribution >= 4 is 0 Å². The van der Waals surface area contributed by atoms with E-state index in [1.54, 1.807) is 0 Å². The summed E-state index contributed by atoms with van der Waals surface area (Å²) in [6.45, 7) is 4.54. The second-order valence-corrected chi connectivity index (χ2v) is 7.85. The average molecular weight is 436 g/mol. The molecule has 0 radical (unpaired) electrons. The third kappa shape index (κ3) is 4.86. The predicted molar refractivity (Wildman–Crippen MR) is 129 cm³/mol. The van der Waals surface area contributed by atoms with E-state index < -0.39 is 0 Å². The van der Waals surface area contributed by atoms with Gasteiger partial charge < -0.3 is 9.30 Å². The summed E-state index contributed by atoms with van der Waals surface area (Å²) < 4.78 is 7.98. The quantitative estimate of drug-likeness (QED) is 0.363. The third-order valence-corrected chi connectivity index (χ3v) is 5.56. The fourth-order valence-corrected chi connectivity index (χ4v) is 3.85. The lowest BCUT2D eigenvalue weighted by molar-refractivity contribution is 0.454. The van der Waals surface area contributed by atoms with Crippen LogP contribution in [-0.4, -0.2) is 9.55 Å². The summed E-state index contributed by atoms with van der Waals surface area (Å²) in [5.41, 5.74) is 4.04. The van der Waals surface area contributed by atoms with Crippen molar-refractivity contribution in [3.8, 4) is 28.7 Å². The zero-order valence-corrected chi connectivity index (χ0v) is 18.8. The first-order valence-electron chi connectivity index (χ1n) is 11.0. The number of rotatable bonds is 7. The van der Waals surface area contributed by atoms with Crippen LogP contribution in [-0.2, 0) is 13.0 Å². The molecule has 0 fully saturated rings. The number of hydrogen-bond donors (Lipinski definition) is 0. The fourth-order valence-electron chi connectivity index (χ4n) is 3.85. The van der Waals surface area contributed by atoms with Gasteiger partial charge in [-0.2, -0.15) is 10.2 Å². The topological polar surface area (TPSA) is 67.9 Å². The highest BCUT2D eigenvalue weighted by Gasteiger charge is 2.16. The number of aryl methyl sites for hydroxylation is 1. The summed E-state index contributed by atoms with van der Waals surface area (Å²) in [4.78, 5) is 17.1. The summed E-state index contributed by atoms with van der Waals surface area (Å²) >= 11 is 0. The second kappa shape index (κ2) is 9.97. The van der Waals surface area contributed by atoms with Gasteiger partial charge in [-0.05, 0) is 48.2 Å². The van der Waals surface area contributed by atoms with Gasteiger partial charge >= 0.3 is 5.56 Å². The molecule has 0 spiro atoms. The van der Waals surface area contributed by atoms with Crippen LogP contribution in [0.1, 0.15) is 36.0 Å². The summed E-state index contributed by atoms with van der Waals surface area (Å²) in [6, 6.07) is 27.3. The molecule has 164 valence electrons. The number of nitriles is 1. The van der Waals surface area contributed by atoms with E-state index in [1.807, 2.05) is 73.7 Å². The molecule has 0 aliphatic heterocycles. The van der Waals surface area contributed by atoms with E-state index in [0.717, 1.165) is 34.6 Å². The zero-order chi connectivity index (χ0) is 23.2. The minimum Gasteiger partial charge on any atom is -0.450 e. The van der Waals surface area contributed by atoms with Crippen molar-refractivity contribution in [2.75, 3.05) is 0 Å². The summed E-state index contributed by atoms with van der Waals surface area (Å²) in [5.74, 6) is 1.61. The molecular weight excluding hydrogens is 410 g/mol. The largest absolute Gasteiger partial charge is 0.450 e.